The highest BCUT2D eigenvalue weighted by Gasteiger charge is 2.46. The van der Waals surface area contributed by atoms with E-state index >= 15 is 0 Å². The van der Waals surface area contributed by atoms with Gasteiger partial charge >= 0.3 is 0 Å². The zero-order valence-electron chi connectivity index (χ0n) is 45.3. The Kier molecular flexibility index (Phi) is 22.0. The first-order valence-corrected chi connectivity index (χ1v) is 31.7. The van der Waals surface area contributed by atoms with E-state index in [1.165, 1.54) is 204 Å². The third-order valence-electron chi connectivity index (χ3n) is 15.5. The smallest absolute Gasteiger partial charge is 0.164 e. The van der Waals surface area contributed by atoms with Crippen molar-refractivity contribution in [2.75, 3.05) is 19.0 Å². The van der Waals surface area contributed by atoms with E-state index < -0.39 is 23.2 Å². The molecule has 0 amide bonds. The van der Waals surface area contributed by atoms with Gasteiger partial charge in [0.05, 0.1) is 53.2 Å². The van der Waals surface area contributed by atoms with Gasteiger partial charge in [0.1, 0.15) is 11.7 Å². The summed E-state index contributed by atoms with van der Waals surface area (Å²) in [5.41, 5.74) is 3.80. The molecule has 0 bridgehead atoms. The van der Waals surface area contributed by atoms with Gasteiger partial charge in [-0.3, -0.25) is 0 Å². The molecule has 1 aromatic carbocycles. The summed E-state index contributed by atoms with van der Waals surface area (Å²) in [7, 11) is 4.21. The first-order valence-electron chi connectivity index (χ1n) is 28.5. The molecule has 2 aliphatic rings. The number of fused-ring (bicyclic) bond motifs is 7. The molecule has 0 saturated carbocycles. The van der Waals surface area contributed by atoms with E-state index in [0.717, 1.165) is 41.9 Å². The fourth-order valence-corrected chi connectivity index (χ4v) is 16.6. The number of anilines is 1. The number of nitriles is 3. The fourth-order valence-electron chi connectivity index (χ4n) is 11.2. The van der Waals surface area contributed by atoms with Crippen molar-refractivity contribution in [2.24, 2.45) is 5.92 Å². The highest BCUT2D eigenvalue weighted by molar-refractivity contribution is 7.35. The van der Waals surface area contributed by atoms with Gasteiger partial charge in [-0.15, -0.1) is 45.3 Å². The predicted molar refractivity (Wildman–Crippen MR) is 316 cm³/mol. The molecule has 1 atom stereocenters. The van der Waals surface area contributed by atoms with E-state index in [4.69, 9.17) is 9.47 Å². The molecule has 2 aliphatic heterocycles. The normalized spacial score (nSPS) is 15.8. The van der Waals surface area contributed by atoms with Gasteiger partial charge in [-0.1, -0.05) is 186 Å². The molecule has 6 heterocycles. The Morgan fingerprint density at radius 2 is 1.10 bits per heavy atom. The van der Waals surface area contributed by atoms with Crippen molar-refractivity contribution in [2.45, 2.75) is 225 Å². The molecule has 0 fully saturated rings. The van der Waals surface area contributed by atoms with E-state index in [-0.39, 0.29) is 0 Å². The van der Waals surface area contributed by atoms with Gasteiger partial charge in [-0.25, -0.2) is 0 Å². The van der Waals surface area contributed by atoms with Crippen LogP contribution in [-0.2, 0) is 10.3 Å². The maximum Gasteiger partial charge on any atom is 0.164 e. The molecule has 6 nitrogen and oxygen atoms in total. The van der Waals surface area contributed by atoms with Crippen LogP contribution in [0, 0.1) is 39.9 Å². The molecule has 10 heteroatoms. The minimum atomic E-state index is -1.05. The Morgan fingerprint density at radius 3 is 1.59 bits per heavy atom. The first-order chi connectivity index (χ1) is 35.6. The first kappa shape index (κ1) is 56.8. The van der Waals surface area contributed by atoms with Crippen LogP contribution >= 0.6 is 45.3 Å². The zero-order valence-corrected chi connectivity index (χ0v) is 48.6. The van der Waals surface area contributed by atoms with Crippen LogP contribution < -0.4 is 9.64 Å². The number of nitrogens with zero attached hydrogens (tertiary/aromatic N) is 4. The van der Waals surface area contributed by atoms with Crippen molar-refractivity contribution in [3.8, 4) is 44.2 Å². The monoisotopic (exact) mass is 1060 g/mol. The lowest BCUT2D eigenvalue weighted by molar-refractivity contribution is -0.0123. The van der Waals surface area contributed by atoms with Gasteiger partial charge in [0.15, 0.2) is 11.7 Å². The van der Waals surface area contributed by atoms with Crippen molar-refractivity contribution in [3.63, 3.8) is 0 Å². The fraction of sp³-hybridized carbons (Fsp3) is 0.603. The van der Waals surface area contributed by atoms with E-state index in [9.17, 15) is 15.8 Å². The van der Waals surface area contributed by atoms with Gasteiger partial charge in [0.2, 0.25) is 0 Å². The molecule has 5 aromatic rings. The Hall–Kier alpha value is -3.95. The van der Waals surface area contributed by atoms with Crippen molar-refractivity contribution in [3.05, 3.63) is 64.1 Å². The summed E-state index contributed by atoms with van der Waals surface area (Å²) in [5, 5.41) is 29.6. The molecule has 0 radical (unpaired) electrons. The minimum Gasteiger partial charge on any atom is -0.479 e. The average Bonchev–Trinajstić information content (AvgIpc) is 4.20. The highest BCUT2D eigenvalue weighted by Crippen LogP contribution is 2.62. The molecular weight excluding hydrogens is 973 g/mol. The lowest BCUT2D eigenvalue weighted by atomic mass is 9.81. The number of ether oxygens (including phenoxy) is 2. The lowest BCUT2D eigenvalue weighted by Gasteiger charge is -2.39. The van der Waals surface area contributed by atoms with Crippen molar-refractivity contribution < 1.29 is 9.47 Å². The van der Waals surface area contributed by atoms with E-state index in [1.54, 1.807) is 11.3 Å². The van der Waals surface area contributed by atoms with Gasteiger partial charge in [-0.2, -0.15) is 15.8 Å². The van der Waals surface area contributed by atoms with Crippen molar-refractivity contribution in [1.82, 2.24) is 0 Å². The standard InChI is InChI=1S/C63H84N4O2S4/c1-7-9-11-13-15-17-19-21-23-25-27-29-31-39-63(40-32-30-28-26-24-22-20-18-16-14-12-10-8-2)55-58-54(42-52(71-58)46-33-35-48(36-34-46)67(5)6)72-60(55)61-57(69-63)59-53(73-61)41-49(70-59)37-38-51-50(45-66)56(47(43-64)44-65)68-62(51,3)4/h33-38,41-42,47,56H,7-32,39-40H2,1-6H3/b38-37+. The summed E-state index contributed by atoms with van der Waals surface area (Å²) < 4.78 is 19.2. The van der Waals surface area contributed by atoms with Crippen LogP contribution in [0.4, 0.5) is 5.69 Å². The van der Waals surface area contributed by atoms with Crippen LogP contribution in [-0.4, -0.2) is 25.8 Å². The number of hydrogen-bond acceptors (Lipinski definition) is 10. The molecule has 392 valence electrons. The molecular formula is C63H84N4O2S4. The summed E-state index contributed by atoms with van der Waals surface area (Å²) in [6.45, 7) is 8.42. The number of hydrogen-bond donors (Lipinski definition) is 0. The van der Waals surface area contributed by atoms with Crippen LogP contribution in [0.25, 0.3) is 45.1 Å². The largest absolute Gasteiger partial charge is 0.479 e. The van der Waals surface area contributed by atoms with Crippen LogP contribution in [0.3, 0.4) is 0 Å². The van der Waals surface area contributed by atoms with Gasteiger partial charge < -0.3 is 14.4 Å². The van der Waals surface area contributed by atoms with Crippen LogP contribution in [0.5, 0.6) is 5.75 Å². The van der Waals surface area contributed by atoms with E-state index in [0.29, 0.717) is 5.57 Å². The molecule has 0 spiro atoms. The van der Waals surface area contributed by atoms with Crippen LogP contribution in [0.1, 0.15) is 218 Å². The second kappa shape index (κ2) is 28.3. The molecule has 0 saturated heterocycles. The SMILES string of the molecule is CCCCCCCCCCCCCCCC1(CCCCCCCCCCCCCCC)Oc2c(sc3cc(/C=C/C4=C(C#N)C(C(C#N)C#N)OC4(C)C)sc23)-c2sc3cc(-c4ccc(N(C)C)cc4)sc3c21. The van der Waals surface area contributed by atoms with Crippen LogP contribution in [0.2, 0.25) is 0 Å². The Bertz CT molecular complexity index is 2660. The maximum atomic E-state index is 10.2. The summed E-state index contributed by atoms with van der Waals surface area (Å²) in [5.74, 6) is 0.0104. The molecule has 1 unspecified atom stereocenters. The predicted octanol–water partition coefficient (Wildman–Crippen LogP) is 20.9. The number of rotatable bonds is 33. The molecule has 0 N–H and O–H groups in total. The average molecular weight is 1060 g/mol. The third kappa shape index (κ3) is 14.5. The second-order valence-electron chi connectivity index (χ2n) is 21.8. The lowest BCUT2D eigenvalue weighted by Crippen LogP contribution is -2.35. The number of benzene rings is 1. The maximum absolute atomic E-state index is 10.2. The van der Waals surface area contributed by atoms with Crippen molar-refractivity contribution in [1.29, 1.82) is 15.8 Å². The summed E-state index contributed by atoms with van der Waals surface area (Å²) in [6.07, 6.45) is 40.1. The third-order valence-corrected chi connectivity index (χ3v) is 20.4. The number of unbranched alkanes of at least 4 members (excludes halogenated alkanes) is 24. The highest BCUT2D eigenvalue weighted by atomic mass is 32.1. The van der Waals surface area contributed by atoms with Crippen LogP contribution in [0.15, 0.2) is 53.6 Å². The Balaban J connectivity index is 1.15. The quantitative estimate of drug-likeness (QED) is 0.0389. The van der Waals surface area contributed by atoms with Gasteiger partial charge in [0.25, 0.3) is 0 Å². The number of thiophene rings is 4. The molecule has 0 aliphatic carbocycles. The second-order valence-corrected chi connectivity index (χ2v) is 26.0. The van der Waals surface area contributed by atoms with Crippen molar-refractivity contribution >= 4 is 75.9 Å². The van der Waals surface area contributed by atoms with Gasteiger partial charge in [0, 0.05) is 39.8 Å². The summed E-state index contributed by atoms with van der Waals surface area (Å²) in [6, 6.07) is 20.1. The van der Waals surface area contributed by atoms with E-state index in [1.807, 2.05) is 66.1 Å². The minimum absolute atomic E-state index is 0.360. The summed E-state index contributed by atoms with van der Waals surface area (Å²) in [4.78, 5) is 7.25. The van der Waals surface area contributed by atoms with Gasteiger partial charge in [-0.05, 0) is 81.0 Å². The summed E-state index contributed by atoms with van der Waals surface area (Å²) >= 11 is 7.56. The Labute approximate surface area is 456 Å². The van der Waals surface area contributed by atoms with E-state index in [2.05, 4.69) is 81.4 Å². The molecule has 4 aromatic heterocycles. The Morgan fingerprint density at radius 1 is 0.603 bits per heavy atom. The zero-order chi connectivity index (χ0) is 51.6. The topological polar surface area (TPSA) is 93.1 Å². The molecule has 7 rings (SSSR count). The molecule has 73 heavy (non-hydrogen) atoms.